The first-order chi connectivity index (χ1) is 22.0. The number of alkyl halides is 7. The predicted molar refractivity (Wildman–Crippen MR) is 146 cm³/mol. The maximum atomic E-state index is 15.1. The highest BCUT2D eigenvalue weighted by Gasteiger charge is 2.45. The summed E-state index contributed by atoms with van der Waals surface area (Å²) in [4.78, 5) is 13.7. The first-order valence-electron chi connectivity index (χ1n) is 13.3. The molecule has 4 rings (SSSR count). The van der Waals surface area contributed by atoms with Crippen molar-refractivity contribution in [1.82, 2.24) is 10.7 Å². The monoisotopic (exact) mass is 675 g/mol. The molecule has 0 bridgehead atoms. The molecule has 0 saturated heterocycles. The Balaban J connectivity index is 2.03. The van der Waals surface area contributed by atoms with Crippen molar-refractivity contribution in [3.63, 3.8) is 0 Å². The molecule has 5 N–H and O–H groups in total. The summed E-state index contributed by atoms with van der Waals surface area (Å²) in [5.41, 5.74) is -3.92. The van der Waals surface area contributed by atoms with Crippen molar-refractivity contribution in [2.45, 2.75) is 36.9 Å². The van der Waals surface area contributed by atoms with Crippen molar-refractivity contribution in [1.29, 1.82) is 0 Å². The van der Waals surface area contributed by atoms with Gasteiger partial charge in [0.05, 0.1) is 11.1 Å². The van der Waals surface area contributed by atoms with Crippen LogP contribution in [0, 0.1) is 17.5 Å². The molecular weight excluding hydrogens is 652 g/mol. The lowest BCUT2D eigenvalue weighted by Gasteiger charge is -2.37. The molecule has 1 amide bonds. The third-order valence-corrected chi connectivity index (χ3v) is 6.99. The van der Waals surface area contributed by atoms with Crippen LogP contribution in [0.5, 0.6) is 5.75 Å². The topological polar surface area (TPSA) is 96.6 Å². The lowest BCUT2D eigenvalue weighted by atomic mass is 9.77. The molecule has 0 fully saturated rings. The number of nitrogens with one attached hydrogen (secondary N) is 2. The van der Waals surface area contributed by atoms with Crippen LogP contribution in [0.1, 0.15) is 44.4 Å². The Kier molecular flexibility index (Phi) is 10.2. The minimum absolute atomic E-state index is 0.194. The summed E-state index contributed by atoms with van der Waals surface area (Å²) in [6.45, 7) is 0. The number of hydrogen-bond acceptors (Lipinski definition) is 5. The molecular formula is C31H23F10N3O3. The van der Waals surface area contributed by atoms with E-state index in [-0.39, 0.29) is 11.6 Å². The molecule has 0 heterocycles. The number of carbonyl (C=O) groups is 1. The minimum Gasteiger partial charge on any atom is -0.428 e. The van der Waals surface area contributed by atoms with Gasteiger partial charge in [0, 0.05) is 23.6 Å². The molecule has 47 heavy (non-hydrogen) atoms. The van der Waals surface area contributed by atoms with Gasteiger partial charge in [0.15, 0.2) is 0 Å². The van der Waals surface area contributed by atoms with E-state index < -0.39 is 88.3 Å². The molecule has 4 aromatic carbocycles. The van der Waals surface area contributed by atoms with E-state index in [1.165, 1.54) is 24.3 Å². The average molecular weight is 676 g/mol. The van der Waals surface area contributed by atoms with E-state index >= 15 is 4.39 Å². The number of hydrogen-bond donors (Lipinski definition) is 4. The largest absolute Gasteiger partial charge is 0.461 e. The van der Waals surface area contributed by atoms with E-state index in [1.54, 1.807) is 6.07 Å². The van der Waals surface area contributed by atoms with Crippen LogP contribution in [0.15, 0.2) is 84.9 Å². The number of hydrazine groups is 1. The van der Waals surface area contributed by atoms with Crippen LogP contribution < -0.4 is 21.3 Å². The van der Waals surface area contributed by atoms with Crippen molar-refractivity contribution >= 4 is 5.91 Å². The molecule has 0 aromatic heterocycles. The summed E-state index contributed by atoms with van der Waals surface area (Å²) in [5, 5.41) is 12.7. The van der Waals surface area contributed by atoms with Gasteiger partial charge in [-0.3, -0.25) is 10.6 Å². The highest BCUT2D eigenvalue weighted by atomic mass is 19.4. The zero-order chi connectivity index (χ0) is 34.7. The summed E-state index contributed by atoms with van der Waals surface area (Å²) < 4.78 is 142. The highest BCUT2D eigenvalue weighted by Crippen LogP contribution is 2.39. The number of nitrogens with two attached hydrogens (primary N) is 1. The number of rotatable bonds is 11. The van der Waals surface area contributed by atoms with Gasteiger partial charge in [0.25, 0.3) is 5.91 Å². The van der Waals surface area contributed by atoms with Crippen molar-refractivity contribution in [3.8, 4) is 5.75 Å². The van der Waals surface area contributed by atoms with Crippen LogP contribution in [0.2, 0.25) is 0 Å². The average Bonchev–Trinajstić information content (AvgIpc) is 3.00. The predicted octanol–water partition coefficient (Wildman–Crippen LogP) is 6.73. The van der Waals surface area contributed by atoms with E-state index in [2.05, 4.69) is 10.1 Å². The zero-order valence-corrected chi connectivity index (χ0v) is 23.6. The van der Waals surface area contributed by atoms with Gasteiger partial charge >= 0.3 is 18.7 Å². The van der Waals surface area contributed by atoms with Crippen molar-refractivity contribution < 1.29 is 58.5 Å². The summed E-state index contributed by atoms with van der Waals surface area (Å²) in [6, 6.07) is 13.3. The Hall–Kier alpha value is -4.67. The van der Waals surface area contributed by atoms with E-state index in [0.29, 0.717) is 35.9 Å². The first kappa shape index (κ1) is 35.2. The molecule has 0 radical (unpaired) electrons. The molecule has 4 aromatic rings. The van der Waals surface area contributed by atoms with Crippen LogP contribution in [-0.4, -0.2) is 23.5 Å². The quantitative estimate of drug-likeness (QED) is 0.0613. The summed E-state index contributed by atoms with van der Waals surface area (Å²) in [7, 11) is 0. The zero-order valence-electron chi connectivity index (χ0n) is 23.6. The Bertz CT molecular complexity index is 1740. The maximum absolute atomic E-state index is 15.1. The first-order valence-corrected chi connectivity index (χ1v) is 13.3. The molecule has 1 unspecified atom stereocenters. The Labute approximate surface area is 259 Å². The smallest absolute Gasteiger partial charge is 0.428 e. The number of aliphatic hydroxyl groups is 1. The SMILES string of the molecule is NNC(O)c1cc([C@@](Cc2ccccc2)(NC(=O)c2ccc(F)c(C(F)(F)F)c2)c2cc(F)cc(OC(F)(F)C(F)F)c2)ccc1F. The third-order valence-electron chi connectivity index (χ3n) is 6.99. The van der Waals surface area contributed by atoms with Gasteiger partial charge in [-0.2, -0.15) is 30.7 Å². The van der Waals surface area contributed by atoms with Crippen molar-refractivity contribution in [2.75, 3.05) is 0 Å². The van der Waals surface area contributed by atoms with E-state index in [1.807, 2.05) is 5.43 Å². The van der Waals surface area contributed by atoms with Gasteiger partial charge < -0.3 is 15.2 Å². The van der Waals surface area contributed by atoms with Gasteiger partial charge in [-0.15, -0.1) is 0 Å². The molecule has 0 aliphatic heterocycles. The fourth-order valence-electron chi connectivity index (χ4n) is 4.79. The number of aliphatic hydroxyl groups excluding tert-OH is 1. The molecule has 0 spiro atoms. The second kappa shape index (κ2) is 13.6. The summed E-state index contributed by atoms with van der Waals surface area (Å²) in [6.07, 6.45) is -17.1. The maximum Gasteiger partial charge on any atom is 0.461 e. The second-order valence-electron chi connectivity index (χ2n) is 10.2. The molecule has 16 heteroatoms. The van der Waals surface area contributed by atoms with E-state index in [0.717, 1.165) is 18.2 Å². The third kappa shape index (κ3) is 7.84. The Morgan fingerprint density at radius 1 is 0.830 bits per heavy atom. The van der Waals surface area contributed by atoms with Gasteiger partial charge in [-0.05, 0) is 59.2 Å². The van der Waals surface area contributed by atoms with Crippen LogP contribution in [-0.2, 0) is 18.1 Å². The molecule has 250 valence electrons. The van der Waals surface area contributed by atoms with Gasteiger partial charge in [0.2, 0.25) is 0 Å². The number of carbonyl (C=O) groups excluding carboxylic acids is 1. The Morgan fingerprint density at radius 2 is 1.49 bits per heavy atom. The standard InChI is InChI=1S/C31H23F10N3O3/c32-20-11-19(12-21(14-20)47-31(40,41)28(35)36)29(15-16-4-2-1-3-5-16,18-7-9-24(33)22(13-18)27(46)44-42)43-26(45)17-6-8-25(34)23(10-17)30(37,38)39/h1-14,27-28,44,46H,15,42H2,(H,43,45)/t27?,29-/m1/s1. The summed E-state index contributed by atoms with van der Waals surface area (Å²) >= 11 is 0. The molecule has 0 aliphatic rings. The minimum atomic E-state index is -5.23. The normalized spacial score (nSPS) is 14.1. The summed E-state index contributed by atoms with van der Waals surface area (Å²) in [5.74, 6) is -1.35. The van der Waals surface area contributed by atoms with Crippen LogP contribution in [0.25, 0.3) is 0 Å². The van der Waals surface area contributed by atoms with Crippen LogP contribution in [0.3, 0.4) is 0 Å². The van der Waals surface area contributed by atoms with Gasteiger partial charge in [-0.25, -0.2) is 18.6 Å². The number of benzene rings is 4. The highest BCUT2D eigenvalue weighted by molar-refractivity contribution is 5.95. The number of halogens is 10. The second-order valence-corrected chi connectivity index (χ2v) is 10.2. The molecule has 0 saturated carbocycles. The lowest BCUT2D eigenvalue weighted by molar-refractivity contribution is -0.253. The Morgan fingerprint density at radius 3 is 2.11 bits per heavy atom. The van der Waals surface area contributed by atoms with Crippen LogP contribution >= 0.6 is 0 Å². The van der Waals surface area contributed by atoms with Gasteiger partial charge in [-0.1, -0.05) is 36.4 Å². The van der Waals surface area contributed by atoms with Crippen molar-refractivity contribution in [2.24, 2.45) is 5.84 Å². The fraction of sp³-hybridized carbons (Fsp3) is 0.194. The fourth-order valence-corrected chi connectivity index (χ4v) is 4.79. The van der Waals surface area contributed by atoms with E-state index in [4.69, 9.17) is 5.84 Å². The van der Waals surface area contributed by atoms with E-state index in [9.17, 15) is 49.4 Å². The lowest BCUT2D eigenvalue weighted by Crippen LogP contribution is -2.49. The van der Waals surface area contributed by atoms with Crippen molar-refractivity contribution in [3.05, 3.63) is 136 Å². The number of ether oxygens (including phenoxy) is 1. The molecule has 0 aliphatic carbocycles. The molecule has 2 atom stereocenters. The van der Waals surface area contributed by atoms with Gasteiger partial charge in [0.1, 0.15) is 29.4 Å². The van der Waals surface area contributed by atoms with Crippen LogP contribution in [0.4, 0.5) is 43.9 Å². The number of amides is 1. The molecule has 6 nitrogen and oxygen atoms in total.